The van der Waals surface area contributed by atoms with Crippen LogP contribution >= 0.6 is 0 Å². The third kappa shape index (κ3) is 7.70. The molecule has 0 heterocycles. The molecule has 1 heteroatoms. The number of ether oxygens (including phenoxy) is 1. The average molecular weight is 128 g/mol. The Morgan fingerprint density at radius 2 is 1.89 bits per heavy atom. The Hall–Kier alpha value is -0.300. The van der Waals surface area contributed by atoms with Gasteiger partial charge in [-0.25, -0.2) is 0 Å². The minimum atomic E-state index is -0.000486. The van der Waals surface area contributed by atoms with E-state index in [2.05, 4.69) is 20.8 Å². The molecule has 0 spiro atoms. The fourth-order valence-corrected chi connectivity index (χ4v) is 0.394. The highest BCUT2D eigenvalue weighted by atomic mass is 16.5. The molecule has 1 nitrogen and oxygen atoms in total. The summed E-state index contributed by atoms with van der Waals surface area (Å²) in [5, 5.41) is 0. The van der Waals surface area contributed by atoms with Gasteiger partial charge in [-0.3, -0.25) is 0 Å². The van der Waals surface area contributed by atoms with Gasteiger partial charge in [0.15, 0.2) is 0 Å². The van der Waals surface area contributed by atoms with Gasteiger partial charge in [-0.1, -0.05) is 12.2 Å². The van der Waals surface area contributed by atoms with E-state index in [1.54, 1.807) is 0 Å². The molecule has 0 aromatic heterocycles. The summed E-state index contributed by atoms with van der Waals surface area (Å²) in [5.74, 6) is 0. The highest BCUT2D eigenvalue weighted by molar-refractivity contribution is 4.77. The summed E-state index contributed by atoms with van der Waals surface area (Å²) in [7, 11) is 0. The van der Waals surface area contributed by atoms with Crippen LogP contribution in [-0.4, -0.2) is 12.2 Å². The topological polar surface area (TPSA) is 9.23 Å². The SMILES string of the molecule is CC=CCOC(C)(C)C. The van der Waals surface area contributed by atoms with E-state index in [1.807, 2.05) is 19.1 Å². The lowest BCUT2D eigenvalue weighted by molar-refractivity contribution is 0.0149. The van der Waals surface area contributed by atoms with Crippen LogP contribution in [0.1, 0.15) is 27.7 Å². The third-order valence-electron chi connectivity index (χ3n) is 0.848. The summed E-state index contributed by atoms with van der Waals surface area (Å²) >= 11 is 0. The molecule has 0 amide bonds. The van der Waals surface area contributed by atoms with Gasteiger partial charge < -0.3 is 4.74 Å². The van der Waals surface area contributed by atoms with E-state index in [0.29, 0.717) is 0 Å². The molecule has 0 saturated carbocycles. The smallest absolute Gasteiger partial charge is 0.0654 e. The van der Waals surface area contributed by atoms with E-state index in [9.17, 15) is 0 Å². The Kier molecular flexibility index (Phi) is 3.55. The molecule has 0 aliphatic heterocycles. The fourth-order valence-electron chi connectivity index (χ4n) is 0.394. The highest BCUT2D eigenvalue weighted by Gasteiger charge is 2.07. The Morgan fingerprint density at radius 1 is 1.33 bits per heavy atom. The molecule has 0 atom stereocenters. The van der Waals surface area contributed by atoms with Crippen LogP contribution in [0.3, 0.4) is 0 Å². The zero-order valence-electron chi connectivity index (χ0n) is 6.77. The van der Waals surface area contributed by atoms with Gasteiger partial charge in [-0.15, -0.1) is 0 Å². The maximum Gasteiger partial charge on any atom is 0.0654 e. The van der Waals surface area contributed by atoms with Crippen molar-refractivity contribution in [2.45, 2.75) is 33.3 Å². The van der Waals surface area contributed by atoms with E-state index in [1.165, 1.54) is 0 Å². The summed E-state index contributed by atoms with van der Waals surface area (Å²) in [4.78, 5) is 0. The Bertz CT molecular complexity index is 87.2. The second-order valence-electron chi connectivity index (χ2n) is 2.99. The first-order valence-electron chi connectivity index (χ1n) is 3.31. The number of hydrogen-bond acceptors (Lipinski definition) is 1. The summed E-state index contributed by atoms with van der Waals surface area (Å²) < 4.78 is 5.38. The van der Waals surface area contributed by atoms with Crippen LogP contribution in [-0.2, 0) is 4.74 Å². The quantitative estimate of drug-likeness (QED) is 0.519. The number of hydrogen-bond donors (Lipinski definition) is 0. The van der Waals surface area contributed by atoms with Crippen LogP contribution in [0, 0.1) is 0 Å². The van der Waals surface area contributed by atoms with Gasteiger partial charge >= 0.3 is 0 Å². The van der Waals surface area contributed by atoms with E-state index in [0.717, 1.165) is 6.61 Å². The van der Waals surface area contributed by atoms with Crippen molar-refractivity contribution in [1.29, 1.82) is 0 Å². The summed E-state index contributed by atoms with van der Waals surface area (Å²) in [6.45, 7) is 8.87. The molecule has 0 rings (SSSR count). The minimum absolute atomic E-state index is 0.000486. The number of rotatable bonds is 2. The molecule has 0 aromatic carbocycles. The molecule has 0 aliphatic rings. The first kappa shape index (κ1) is 8.70. The van der Waals surface area contributed by atoms with Crippen molar-refractivity contribution in [2.24, 2.45) is 0 Å². The molecule has 0 saturated heterocycles. The predicted molar refractivity (Wildman–Crippen MR) is 40.5 cm³/mol. The monoisotopic (exact) mass is 128 g/mol. The van der Waals surface area contributed by atoms with Crippen molar-refractivity contribution < 1.29 is 4.74 Å². The maximum absolute atomic E-state index is 5.38. The van der Waals surface area contributed by atoms with Crippen molar-refractivity contribution >= 4 is 0 Å². The average Bonchev–Trinajstić information content (AvgIpc) is 1.63. The lowest BCUT2D eigenvalue weighted by Crippen LogP contribution is -2.18. The molecule has 0 bridgehead atoms. The number of allylic oxidation sites excluding steroid dienone is 1. The van der Waals surface area contributed by atoms with Gasteiger partial charge in [0, 0.05) is 0 Å². The molecule has 0 unspecified atom stereocenters. The Morgan fingerprint density at radius 3 is 2.22 bits per heavy atom. The van der Waals surface area contributed by atoms with Gasteiger partial charge in [0.25, 0.3) is 0 Å². The molecule has 9 heavy (non-hydrogen) atoms. The van der Waals surface area contributed by atoms with Crippen LogP contribution in [0.25, 0.3) is 0 Å². The molecule has 0 aliphatic carbocycles. The molecular formula is C8H16O. The summed E-state index contributed by atoms with van der Waals surface area (Å²) in [6, 6.07) is 0. The van der Waals surface area contributed by atoms with Crippen LogP contribution in [0.4, 0.5) is 0 Å². The molecule has 0 aromatic rings. The second kappa shape index (κ2) is 3.67. The standard InChI is InChI=1S/C8H16O/c1-5-6-7-9-8(2,3)4/h5-6H,7H2,1-4H3. The molecule has 0 radical (unpaired) electrons. The highest BCUT2D eigenvalue weighted by Crippen LogP contribution is 2.05. The maximum atomic E-state index is 5.38. The lowest BCUT2D eigenvalue weighted by Gasteiger charge is -2.17. The van der Waals surface area contributed by atoms with Crippen LogP contribution in [0.2, 0.25) is 0 Å². The van der Waals surface area contributed by atoms with Gasteiger partial charge in [-0.05, 0) is 27.7 Å². The van der Waals surface area contributed by atoms with Crippen molar-refractivity contribution in [3.05, 3.63) is 12.2 Å². The molecule has 54 valence electrons. The van der Waals surface area contributed by atoms with E-state index >= 15 is 0 Å². The van der Waals surface area contributed by atoms with Crippen molar-refractivity contribution in [3.63, 3.8) is 0 Å². The first-order chi connectivity index (χ1) is 4.06. The Balaban J connectivity index is 3.28. The summed E-state index contributed by atoms with van der Waals surface area (Å²) in [5.41, 5.74) is -0.000486. The second-order valence-corrected chi connectivity index (χ2v) is 2.99. The Labute approximate surface area is 57.7 Å². The zero-order valence-corrected chi connectivity index (χ0v) is 6.77. The van der Waals surface area contributed by atoms with E-state index in [4.69, 9.17) is 4.74 Å². The van der Waals surface area contributed by atoms with Gasteiger partial charge in [-0.2, -0.15) is 0 Å². The zero-order chi connectivity index (χ0) is 7.33. The van der Waals surface area contributed by atoms with Crippen LogP contribution < -0.4 is 0 Å². The van der Waals surface area contributed by atoms with Crippen molar-refractivity contribution in [2.75, 3.05) is 6.61 Å². The normalized spacial score (nSPS) is 12.9. The van der Waals surface area contributed by atoms with Gasteiger partial charge in [0.1, 0.15) is 0 Å². The fraction of sp³-hybridized carbons (Fsp3) is 0.750. The van der Waals surface area contributed by atoms with E-state index < -0.39 is 0 Å². The molecular weight excluding hydrogens is 112 g/mol. The van der Waals surface area contributed by atoms with Crippen LogP contribution in [0.5, 0.6) is 0 Å². The first-order valence-corrected chi connectivity index (χ1v) is 3.31. The summed E-state index contributed by atoms with van der Waals surface area (Å²) in [6.07, 6.45) is 4.00. The van der Waals surface area contributed by atoms with Gasteiger partial charge in [0.2, 0.25) is 0 Å². The van der Waals surface area contributed by atoms with E-state index in [-0.39, 0.29) is 5.60 Å². The van der Waals surface area contributed by atoms with Crippen molar-refractivity contribution in [1.82, 2.24) is 0 Å². The minimum Gasteiger partial charge on any atom is -0.372 e. The third-order valence-corrected chi connectivity index (χ3v) is 0.848. The van der Waals surface area contributed by atoms with Crippen LogP contribution in [0.15, 0.2) is 12.2 Å². The largest absolute Gasteiger partial charge is 0.372 e. The van der Waals surface area contributed by atoms with Crippen molar-refractivity contribution in [3.8, 4) is 0 Å². The molecule has 0 fully saturated rings. The van der Waals surface area contributed by atoms with Gasteiger partial charge in [0.05, 0.1) is 12.2 Å². The molecule has 0 N–H and O–H groups in total. The lowest BCUT2D eigenvalue weighted by atomic mass is 10.2. The predicted octanol–water partition coefficient (Wildman–Crippen LogP) is 2.38.